The molecule has 0 saturated heterocycles. The number of rotatable bonds is 5. The minimum atomic E-state index is -4.73. The summed E-state index contributed by atoms with van der Waals surface area (Å²) < 4.78 is 36.9. The molecule has 0 saturated carbocycles. The third kappa shape index (κ3) is 8.12. The van der Waals surface area contributed by atoms with Crippen molar-refractivity contribution in [1.82, 2.24) is 0 Å². The highest BCUT2D eigenvalue weighted by Crippen LogP contribution is 2.29. The van der Waals surface area contributed by atoms with Crippen LogP contribution in [0.1, 0.15) is 53.4 Å². The summed E-state index contributed by atoms with van der Waals surface area (Å²) in [5.41, 5.74) is -3.66. The van der Waals surface area contributed by atoms with Crippen molar-refractivity contribution in [2.24, 2.45) is 5.92 Å². The second-order valence-corrected chi connectivity index (χ2v) is 5.89. The molecule has 0 aromatic heterocycles. The second kappa shape index (κ2) is 6.62. The highest BCUT2D eigenvalue weighted by atomic mass is 19.4. The van der Waals surface area contributed by atoms with Crippen LogP contribution in [-0.2, 0) is 0 Å². The lowest BCUT2D eigenvalue weighted by molar-refractivity contribution is -0.228. The molecule has 0 aliphatic rings. The molecule has 2 N–H and O–H groups in total. The predicted octanol–water partition coefficient (Wildman–Crippen LogP) is 3.27. The number of alkyl halides is 3. The van der Waals surface area contributed by atoms with E-state index in [1.807, 2.05) is 12.8 Å². The van der Waals surface area contributed by atoms with E-state index in [4.69, 9.17) is 5.11 Å². The molecule has 0 radical (unpaired) electrons. The topological polar surface area (TPSA) is 40.5 Å². The van der Waals surface area contributed by atoms with Gasteiger partial charge in [0.2, 0.25) is 5.60 Å². The van der Waals surface area contributed by atoms with Crippen molar-refractivity contribution in [2.75, 3.05) is 0 Å². The fourth-order valence-electron chi connectivity index (χ4n) is 1.45. The lowest BCUT2D eigenvalue weighted by Crippen LogP contribution is -2.40. The van der Waals surface area contributed by atoms with Gasteiger partial charge in [0, 0.05) is 6.42 Å². The lowest BCUT2D eigenvalue weighted by Gasteiger charge is -2.20. The molecule has 0 heterocycles. The van der Waals surface area contributed by atoms with E-state index < -0.39 is 17.4 Å². The van der Waals surface area contributed by atoms with Gasteiger partial charge in [0.15, 0.2) is 0 Å². The van der Waals surface area contributed by atoms with E-state index in [9.17, 15) is 18.3 Å². The van der Waals surface area contributed by atoms with Crippen molar-refractivity contribution < 1.29 is 23.4 Å². The number of halogens is 3. The van der Waals surface area contributed by atoms with E-state index in [-0.39, 0.29) is 5.92 Å². The first kappa shape index (κ1) is 18.3. The molecular weight excluding hydrogens is 257 g/mol. The Bertz CT molecular complexity index is 329. The maximum absolute atomic E-state index is 12.3. The van der Waals surface area contributed by atoms with Crippen LogP contribution in [0.4, 0.5) is 13.2 Å². The monoisotopic (exact) mass is 280 g/mol. The van der Waals surface area contributed by atoms with Crippen LogP contribution in [0, 0.1) is 17.8 Å². The average molecular weight is 280 g/mol. The zero-order chi connectivity index (χ0) is 15.3. The standard InChI is InChI=1S/C14H23F3O2/c1-11(7-5-9-12(2,3)18)8-6-10-13(4,19)14(15,16)17/h11,18-19H,5,7-9H2,1-4H3. The highest BCUT2D eigenvalue weighted by molar-refractivity contribution is 5.15. The van der Waals surface area contributed by atoms with Crippen LogP contribution in [0.15, 0.2) is 0 Å². The molecule has 2 unspecified atom stereocenters. The van der Waals surface area contributed by atoms with Crippen molar-refractivity contribution in [1.29, 1.82) is 0 Å². The van der Waals surface area contributed by atoms with Crippen molar-refractivity contribution in [3.63, 3.8) is 0 Å². The van der Waals surface area contributed by atoms with E-state index in [1.165, 1.54) is 0 Å². The number of hydrogen-bond donors (Lipinski definition) is 2. The lowest BCUT2D eigenvalue weighted by atomic mass is 9.95. The zero-order valence-electron chi connectivity index (χ0n) is 11.9. The van der Waals surface area contributed by atoms with Gasteiger partial charge in [-0.1, -0.05) is 25.2 Å². The van der Waals surface area contributed by atoms with Gasteiger partial charge < -0.3 is 10.2 Å². The van der Waals surface area contributed by atoms with Gasteiger partial charge in [-0.2, -0.15) is 13.2 Å². The minimum Gasteiger partial charge on any atom is -0.390 e. The van der Waals surface area contributed by atoms with E-state index in [2.05, 4.69) is 5.92 Å². The molecule has 19 heavy (non-hydrogen) atoms. The SMILES string of the molecule is CC(CC#CC(C)(O)C(F)(F)F)CCCC(C)(C)O. The quantitative estimate of drug-likeness (QED) is 0.759. The van der Waals surface area contributed by atoms with E-state index >= 15 is 0 Å². The summed E-state index contributed by atoms with van der Waals surface area (Å²) in [7, 11) is 0. The highest BCUT2D eigenvalue weighted by Gasteiger charge is 2.48. The smallest absolute Gasteiger partial charge is 0.390 e. The summed E-state index contributed by atoms with van der Waals surface area (Å²) in [5, 5.41) is 18.6. The summed E-state index contributed by atoms with van der Waals surface area (Å²) in [6.07, 6.45) is -2.21. The first-order valence-electron chi connectivity index (χ1n) is 6.37. The fraction of sp³-hybridized carbons (Fsp3) is 0.857. The summed E-state index contributed by atoms with van der Waals surface area (Å²) in [6, 6.07) is 0. The van der Waals surface area contributed by atoms with Gasteiger partial charge in [0.1, 0.15) is 0 Å². The van der Waals surface area contributed by atoms with Crippen molar-refractivity contribution in [3.8, 4) is 11.8 Å². The van der Waals surface area contributed by atoms with Gasteiger partial charge in [0.25, 0.3) is 0 Å². The molecule has 0 amide bonds. The summed E-state index contributed by atoms with van der Waals surface area (Å²) in [5.74, 6) is 4.40. The maximum Gasteiger partial charge on any atom is 0.428 e. The van der Waals surface area contributed by atoms with Crippen molar-refractivity contribution in [3.05, 3.63) is 0 Å². The Morgan fingerprint density at radius 1 is 1.11 bits per heavy atom. The molecular formula is C14H23F3O2. The van der Waals surface area contributed by atoms with Crippen LogP contribution in [0.25, 0.3) is 0 Å². The molecule has 0 aromatic rings. The van der Waals surface area contributed by atoms with Crippen LogP contribution >= 0.6 is 0 Å². The number of hydrogen-bond acceptors (Lipinski definition) is 2. The summed E-state index contributed by atoms with van der Waals surface area (Å²) >= 11 is 0. The second-order valence-electron chi connectivity index (χ2n) is 5.89. The summed E-state index contributed by atoms with van der Waals surface area (Å²) in [4.78, 5) is 0. The average Bonchev–Trinajstić information content (AvgIpc) is 2.13. The van der Waals surface area contributed by atoms with Crippen LogP contribution < -0.4 is 0 Å². The van der Waals surface area contributed by atoms with Gasteiger partial charge in [-0.25, -0.2) is 0 Å². The van der Waals surface area contributed by atoms with Crippen molar-refractivity contribution >= 4 is 0 Å². The Kier molecular flexibility index (Phi) is 6.37. The zero-order valence-corrected chi connectivity index (χ0v) is 11.9. The van der Waals surface area contributed by atoms with Crippen LogP contribution in [-0.4, -0.2) is 27.6 Å². The molecule has 0 aromatic carbocycles. The van der Waals surface area contributed by atoms with E-state index in [0.717, 1.165) is 12.8 Å². The minimum absolute atomic E-state index is 0.138. The van der Waals surface area contributed by atoms with Gasteiger partial charge in [-0.15, -0.1) is 0 Å². The van der Waals surface area contributed by atoms with Crippen LogP contribution in [0.5, 0.6) is 0 Å². The molecule has 0 bridgehead atoms. The van der Waals surface area contributed by atoms with Crippen LogP contribution in [0.2, 0.25) is 0 Å². The Hall–Kier alpha value is -0.730. The molecule has 112 valence electrons. The molecule has 0 aliphatic heterocycles. The van der Waals surface area contributed by atoms with Gasteiger partial charge in [-0.05, 0) is 39.5 Å². The molecule has 2 atom stereocenters. The first-order valence-corrected chi connectivity index (χ1v) is 6.37. The first-order chi connectivity index (χ1) is 8.35. The van der Waals surface area contributed by atoms with Gasteiger partial charge in [0.05, 0.1) is 5.60 Å². The van der Waals surface area contributed by atoms with Crippen molar-refractivity contribution in [2.45, 2.75) is 70.8 Å². The van der Waals surface area contributed by atoms with Crippen LogP contribution in [0.3, 0.4) is 0 Å². The number of aliphatic hydroxyl groups is 2. The van der Waals surface area contributed by atoms with Gasteiger partial charge >= 0.3 is 6.18 Å². The fourth-order valence-corrected chi connectivity index (χ4v) is 1.45. The molecule has 2 nitrogen and oxygen atoms in total. The predicted molar refractivity (Wildman–Crippen MR) is 68.4 cm³/mol. The van der Waals surface area contributed by atoms with E-state index in [0.29, 0.717) is 19.8 Å². The third-order valence-electron chi connectivity index (χ3n) is 2.82. The summed E-state index contributed by atoms with van der Waals surface area (Å²) in [6.45, 7) is 5.98. The molecule has 0 rings (SSSR count). The Morgan fingerprint density at radius 2 is 1.63 bits per heavy atom. The molecule has 0 aliphatic carbocycles. The Morgan fingerprint density at radius 3 is 2.05 bits per heavy atom. The Balaban J connectivity index is 4.15. The normalized spacial score (nSPS) is 17.3. The van der Waals surface area contributed by atoms with Gasteiger partial charge in [-0.3, -0.25) is 0 Å². The molecule has 5 heteroatoms. The third-order valence-corrected chi connectivity index (χ3v) is 2.82. The maximum atomic E-state index is 12.3. The molecule has 0 fully saturated rings. The Labute approximate surface area is 113 Å². The molecule has 0 spiro atoms. The largest absolute Gasteiger partial charge is 0.428 e. The van der Waals surface area contributed by atoms with E-state index in [1.54, 1.807) is 13.8 Å².